The minimum Gasteiger partial charge on any atom is -0.495 e. The summed E-state index contributed by atoms with van der Waals surface area (Å²) in [7, 11) is 1.51. The summed E-state index contributed by atoms with van der Waals surface area (Å²) >= 11 is 3.14. The Morgan fingerprint density at radius 2 is 2.17 bits per heavy atom. The number of anilines is 2. The predicted molar refractivity (Wildman–Crippen MR) is 71.8 cm³/mol. The van der Waals surface area contributed by atoms with Crippen LogP contribution in [-0.4, -0.2) is 13.0 Å². The third kappa shape index (κ3) is 2.65. The van der Waals surface area contributed by atoms with Gasteiger partial charge in [-0.25, -0.2) is 0 Å². The van der Waals surface area contributed by atoms with Crippen molar-refractivity contribution in [2.24, 2.45) is 0 Å². The van der Waals surface area contributed by atoms with E-state index >= 15 is 0 Å². The lowest BCUT2D eigenvalue weighted by Gasteiger charge is -2.08. The largest absolute Gasteiger partial charge is 0.495 e. The van der Waals surface area contributed by atoms with Gasteiger partial charge in [0.15, 0.2) is 10.4 Å². The van der Waals surface area contributed by atoms with Crippen LogP contribution in [0, 0.1) is 0 Å². The average Bonchev–Trinajstić information content (AvgIpc) is 2.78. The van der Waals surface area contributed by atoms with Gasteiger partial charge >= 0.3 is 0 Å². The molecule has 3 N–H and O–H groups in total. The Balaban J connectivity index is 2.16. The quantitative estimate of drug-likeness (QED) is 0.855. The van der Waals surface area contributed by atoms with Crippen LogP contribution in [0.3, 0.4) is 0 Å². The van der Waals surface area contributed by atoms with Gasteiger partial charge in [-0.2, -0.15) is 0 Å². The number of hydrogen-bond acceptors (Lipinski definition) is 4. The third-order valence-electron chi connectivity index (χ3n) is 2.29. The summed E-state index contributed by atoms with van der Waals surface area (Å²) in [5.74, 6) is 0.388. The van der Waals surface area contributed by atoms with Crippen LogP contribution < -0.4 is 15.8 Å². The fraction of sp³-hybridized carbons (Fsp3) is 0.0833. The van der Waals surface area contributed by atoms with Gasteiger partial charge in [0.1, 0.15) is 5.75 Å². The van der Waals surface area contributed by atoms with E-state index < -0.39 is 0 Å². The Labute approximate surface area is 112 Å². The SMILES string of the molecule is COc1cc(NC(=O)c2ccc(Br)o2)ccc1N. The van der Waals surface area contributed by atoms with E-state index in [0.29, 0.717) is 21.8 Å². The second kappa shape index (κ2) is 5.14. The molecule has 0 bridgehead atoms. The van der Waals surface area contributed by atoms with Crippen molar-refractivity contribution < 1.29 is 13.9 Å². The Morgan fingerprint density at radius 3 is 2.78 bits per heavy atom. The zero-order valence-corrected chi connectivity index (χ0v) is 11.2. The van der Waals surface area contributed by atoms with Gasteiger partial charge in [-0.15, -0.1) is 0 Å². The van der Waals surface area contributed by atoms with Crippen LogP contribution in [-0.2, 0) is 0 Å². The van der Waals surface area contributed by atoms with Crippen molar-refractivity contribution >= 4 is 33.2 Å². The summed E-state index contributed by atoms with van der Waals surface area (Å²) in [5, 5.41) is 2.68. The maximum absolute atomic E-state index is 11.8. The average molecular weight is 311 g/mol. The maximum atomic E-state index is 11.8. The van der Waals surface area contributed by atoms with Crippen LogP contribution in [0.1, 0.15) is 10.6 Å². The molecular formula is C12H11BrN2O3. The molecule has 1 heterocycles. The number of rotatable bonds is 3. The van der Waals surface area contributed by atoms with Gasteiger partial charge in [-0.05, 0) is 40.2 Å². The summed E-state index contributed by atoms with van der Waals surface area (Å²) in [6, 6.07) is 8.22. The van der Waals surface area contributed by atoms with E-state index in [1.807, 2.05) is 0 Å². The number of nitrogens with two attached hydrogens (primary N) is 1. The fourth-order valence-corrected chi connectivity index (χ4v) is 1.72. The van der Waals surface area contributed by atoms with E-state index in [2.05, 4.69) is 21.2 Å². The van der Waals surface area contributed by atoms with Crippen LogP contribution in [0.5, 0.6) is 5.75 Å². The lowest BCUT2D eigenvalue weighted by molar-refractivity contribution is 0.0995. The molecule has 0 aliphatic heterocycles. The van der Waals surface area contributed by atoms with Crippen LogP contribution >= 0.6 is 15.9 Å². The topological polar surface area (TPSA) is 77.5 Å². The third-order valence-corrected chi connectivity index (χ3v) is 2.71. The van der Waals surface area contributed by atoms with E-state index in [-0.39, 0.29) is 11.7 Å². The highest BCUT2D eigenvalue weighted by molar-refractivity contribution is 9.10. The van der Waals surface area contributed by atoms with Crippen LogP contribution in [0.25, 0.3) is 0 Å². The standard InChI is InChI=1S/C12H11BrN2O3/c1-17-10-6-7(2-3-8(10)14)15-12(16)9-4-5-11(13)18-9/h2-6H,14H2,1H3,(H,15,16). The Morgan fingerprint density at radius 1 is 1.39 bits per heavy atom. The molecule has 1 aromatic heterocycles. The van der Waals surface area contributed by atoms with Crippen molar-refractivity contribution in [3.05, 3.63) is 40.8 Å². The number of carbonyl (C=O) groups is 1. The second-order valence-electron chi connectivity index (χ2n) is 3.51. The van der Waals surface area contributed by atoms with Crippen molar-refractivity contribution in [2.75, 3.05) is 18.2 Å². The summed E-state index contributed by atoms with van der Waals surface area (Å²) in [5.41, 5.74) is 6.78. The lowest BCUT2D eigenvalue weighted by atomic mass is 10.2. The van der Waals surface area contributed by atoms with Gasteiger partial charge in [0, 0.05) is 11.8 Å². The first-order valence-corrected chi connectivity index (χ1v) is 5.89. The van der Waals surface area contributed by atoms with Crippen molar-refractivity contribution in [3.8, 4) is 5.75 Å². The number of nitrogen functional groups attached to an aromatic ring is 1. The number of methoxy groups -OCH3 is 1. The van der Waals surface area contributed by atoms with Gasteiger partial charge in [-0.3, -0.25) is 4.79 Å². The van der Waals surface area contributed by atoms with Gasteiger partial charge in [-0.1, -0.05) is 0 Å². The molecule has 1 aromatic carbocycles. The molecule has 0 atom stereocenters. The molecule has 1 amide bonds. The molecule has 2 rings (SSSR count). The number of carbonyl (C=O) groups excluding carboxylic acids is 1. The minimum absolute atomic E-state index is 0.220. The van der Waals surface area contributed by atoms with Crippen molar-refractivity contribution in [1.29, 1.82) is 0 Å². The summed E-state index contributed by atoms with van der Waals surface area (Å²) < 4.78 is 10.7. The Hall–Kier alpha value is -1.95. The minimum atomic E-state index is -0.340. The Bertz CT molecular complexity index is 580. The summed E-state index contributed by atoms with van der Waals surface area (Å²) in [4.78, 5) is 11.8. The van der Waals surface area contributed by atoms with Gasteiger partial charge in [0.2, 0.25) is 0 Å². The number of nitrogens with one attached hydrogen (secondary N) is 1. The molecule has 0 unspecified atom stereocenters. The van der Waals surface area contributed by atoms with Gasteiger partial charge in [0.05, 0.1) is 12.8 Å². The van der Waals surface area contributed by atoms with E-state index in [9.17, 15) is 4.79 Å². The number of ether oxygens (including phenoxy) is 1. The number of halogens is 1. The smallest absolute Gasteiger partial charge is 0.291 e. The molecule has 0 saturated heterocycles. The van der Waals surface area contributed by atoms with Crippen LogP contribution in [0.4, 0.5) is 11.4 Å². The normalized spacial score (nSPS) is 10.1. The molecule has 0 saturated carbocycles. The predicted octanol–water partition coefficient (Wildman–Crippen LogP) is 2.89. The van der Waals surface area contributed by atoms with Crippen molar-refractivity contribution in [1.82, 2.24) is 0 Å². The molecule has 18 heavy (non-hydrogen) atoms. The first kappa shape index (κ1) is 12.5. The highest BCUT2D eigenvalue weighted by Gasteiger charge is 2.11. The highest BCUT2D eigenvalue weighted by atomic mass is 79.9. The first-order chi connectivity index (χ1) is 8.60. The molecule has 0 radical (unpaired) electrons. The van der Waals surface area contributed by atoms with Gasteiger partial charge in [0.25, 0.3) is 5.91 Å². The summed E-state index contributed by atoms with van der Waals surface area (Å²) in [6.07, 6.45) is 0. The summed E-state index contributed by atoms with van der Waals surface area (Å²) in [6.45, 7) is 0. The number of hydrogen-bond donors (Lipinski definition) is 2. The maximum Gasteiger partial charge on any atom is 0.291 e. The molecule has 0 aliphatic rings. The monoisotopic (exact) mass is 310 g/mol. The molecule has 6 heteroatoms. The molecular weight excluding hydrogens is 300 g/mol. The molecule has 5 nitrogen and oxygen atoms in total. The van der Waals surface area contributed by atoms with Gasteiger partial charge < -0.3 is 20.2 Å². The van der Waals surface area contributed by atoms with E-state index in [1.54, 1.807) is 30.3 Å². The molecule has 2 aromatic rings. The number of amides is 1. The molecule has 94 valence electrons. The van der Waals surface area contributed by atoms with E-state index in [1.165, 1.54) is 7.11 Å². The second-order valence-corrected chi connectivity index (χ2v) is 4.30. The molecule has 0 fully saturated rings. The highest BCUT2D eigenvalue weighted by Crippen LogP contribution is 2.25. The first-order valence-electron chi connectivity index (χ1n) is 5.10. The fourth-order valence-electron chi connectivity index (χ4n) is 1.42. The zero-order valence-electron chi connectivity index (χ0n) is 9.57. The van der Waals surface area contributed by atoms with E-state index in [4.69, 9.17) is 14.9 Å². The molecule has 0 spiro atoms. The van der Waals surface area contributed by atoms with Crippen LogP contribution in [0.2, 0.25) is 0 Å². The van der Waals surface area contributed by atoms with Crippen molar-refractivity contribution in [2.45, 2.75) is 0 Å². The van der Waals surface area contributed by atoms with Crippen LogP contribution in [0.15, 0.2) is 39.4 Å². The van der Waals surface area contributed by atoms with Crippen molar-refractivity contribution in [3.63, 3.8) is 0 Å². The molecule has 0 aliphatic carbocycles. The Kier molecular flexibility index (Phi) is 3.57. The lowest BCUT2D eigenvalue weighted by Crippen LogP contribution is -2.11. The number of furan rings is 1. The van der Waals surface area contributed by atoms with E-state index in [0.717, 1.165) is 0 Å². The zero-order chi connectivity index (χ0) is 13.1. The number of benzene rings is 1.